The molecule has 1 rings (SSSR count). The standard InChI is InChI=1S/C7H11BrN6O/c1-3(5(9)15)13-6-4(8)7(14-10)12-2-11-6/h2-3H,10H2,1H3,(H2,9,15)(H2,11,12,13,14). The van der Waals surface area contributed by atoms with Crippen LogP contribution in [0.4, 0.5) is 11.6 Å². The highest BCUT2D eigenvalue weighted by molar-refractivity contribution is 9.10. The molecule has 7 nitrogen and oxygen atoms in total. The monoisotopic (exact) mass is 274 g/mol. The number of nitrogens with one attached hydrogen (secondary N) is 2. The van der Waals surface area contributed by atoms with Crippen molar-refractivity contribution in [2.45, 2.75) is 13.0 Å². The van der Waals surface area contributed by atoms with E-state index in [-0.39, 0.29) is 0 Å². The Morgan fingerprint density at radius 3 is 2.67 bits per heavy atom. The number of primary amides is 1. The lowest BCUT2D eigenvalue weighted by atomic mass is 10.3. The molecule has 0 radical (unpaired) electrons. The molecule has 82 valence electrons. The number of hydrogen-bond acceptors (Lipinski definition) is 6. The zero-order valence-corrected chi connectivity index (χ0v) is 9.58. The van der Waals surface area contributed by atoms with Gasteiger partial charge in [-0.1, -0.05) is 0 Å². The van der Waals surface area contributed by atoms with E-state index in [0.717, 1.165) is 0 Å². The summed E-state index contributed by atoms with van der Waals surface area (Å²) in [4.78, 5) is 18.6. The van der Waals surface area contributed by atoms with Gasteiger partial charge in [0.15, 0.2) is 5.82 Å². The number of halogens is 1. The number of amides is 1. The SMILES string of the molecule is CC(Nc1ncnc(NN)c1Br)C(N)=O. The normalized spacial score (nSPS) is 11.9. The number of nitrogens with zero attached hydrogens (tertiary/aromatic N) is 2. The van der Waals surface area contributed by atoms with Crippen LogP contribution in [0, 0.1) is 0 Å². The maximum absolute atomic E-state index is 10.8. The molecule has 1 aromatic rings. The van der Waals surface area contributed by atoms with E-state index in [1.54, 1.807) is 6.92 Å². The van der Waals surface area contributed by atoms with Crippen molar-refractivity contribution in [3.63, 3.8) is 0 Å². The smallest absolute Gasteiger partial charge is 0.239 e. The van der Waals surface area contributed by atoms with Gasteiger partial charge in [-0.25, -0.2) is 15.8 Å². The van der Waals surface area contributed by atoms with Crippen molar-refractivity contribution in [3.8, 4) is 0 Å². The van der Waals surface area contributed by atoms with Crippen LogP contribution in [0.2, 0.25) is 0 Å². The number of nitrogens with two attached hydrogens (primary N) is 2. The molecule has 6 N–H and O–H groups in total. The zero-order valence-electron chi connectivity index (χ0n) is 7.99. The first-order valence-electron chi connectivity index (χ1n) is 4.09. The van der Waals surface area contributed by atoms with Gasteiger partial charge in [-0.3, -0.25) is 4.79 Å². The molecule has 0 aliphatic carbocycles. The molecule has 0 saturated heterocycles. The average molecular weight is 275 g/mol. The summed E-state index contributed by atoms with van der Waals surface area (Å²) < 4.78 is 0.542. The van der Waals surface area contributed by atoms with E-state index in [1.165, 1.54) is 6.33 Å². The molecule has 0 bridgehead atoms. The second-order valence-electron chi connectivity index (χ2n) is 2.80. The summed E-state index contributed by atoms with van der Waals surface area (Å²) in [7, 11) is 0. The summed E-state index contributed by atoms with van der Waals surface area (Å²) >= 11 is 3.24. The Kier molecular flexibility index (Phi) is 3.81. The van der Waals surface area contributed by atoms with E-state index < -0.39 is 11.9 Å². The molecule has 0 aliphatic rings. The highest BCUT2D eigenvalue weighted by Gasteiger charge is 2.13. The molecule has 0 aliphatic heterocycles. The summed E-state index contributed by atoms with van der Waals surface area (Å²) in [6.07, 6.45) is 1.32. The third-order valence-corrected chi connectivity index (χ3v) is 2.46. The fraction of sp³-hybridized carbons (Fsp3) is 0.286. The van der Waals surface area contributed by atoms with Gasteiger partial charge in [0.25, 0.3) is 0 Å². The van der Waals surface area contributed by atoms with Gasteiger partial charge in [-0.2, -0.15) is 0 Å². The van der Waals surface area contributed by atoms with E-state index in [1.807, 2.05) is 0 Å². The fourth-order valence-corrected chi connectivity index (χ4v) is 1.28. The lowest BCUT2D eigenvalue weighted by molar-refractivity contribution is -0.118. The third-order valence-electron chi connectivity index (χ3n) is 1.71. The lowest BCUT2D eigenvalue weighted by Crippen LogP contribution is -2.33. The van der Waals surface area contributed by atoms with Crippen LogP contribution in [0.1, 0.15) is 6.92 Å². The fourth-order valence-electron chi connectivity index (χ4n) is 0.847. The molecule has 1 unspecified atom stereocenters. The minimum atomic E-state index is -0.526. The van der Waals surface area contributed by atoms with Gasteiger partial charge in [-0.05, 0) is 22.9 Å². The van der Waals surface area contributed by atoms with Crippen LogP contribution in [0.3, 0.4) is 0 Å². The minimum Gasteiger partial charge on any atom is -0.368 e. The van der Waals surface area contributed by atoms with E-state index in [4.69, 9.17) is 11.6 Å². The number of hydrogen-bond donors (Lipinski definition) is 4. The minimum absolute atomic E-state index is 0.421. The van der Waals surface area contributed by atoms with Crippen molar-refractivity contribution in [1.82, 2.24) is 9.97 Å². The third kappa shape index (κ3) is 2.77. The van der Waals surface area contributed by atoms with Crippen molar-refractivity contribution in [1.29, 1.82) is 0 Å². The number of rotatable bonds is 4. The highest BCUT2D eigenvalue weighted by atomic mass is 79.9. The number of carbonyl (C=O) groups is 1. The van der Waals surface area contributed by atoms with Crippen molar-refractivity contribution in [3.05, 3.63) is 10.8 Å². The highest BCUT2D eigenvalue weighted by Crippen LogP contribution is 2.25. The first-order chi connectivity index (χ1) is 7.06. The number of carbonyl (C=O) groups excluding carboxylic acids is 1. The van der Waals surface area contributed by atoms with Gasteiger partial charge in [0.05, 0.1) is 0 Å². The Balaban J connectivity index is 2.90. The Morgan fingerprint density at radius 2 is 2.13 bits per heavy atom. The first kappa shape index (κ1) is 11.7. The van der Waals surface area contributed by atoms with Crippen LogP contribution in [-0.2, 0) is 4.79 Å². The van der Waals surface area contributed by atoms with Crippen LogP contribution < -0.4 is 22.3 Å². The molecule has 0 spiro atoms. The predicted molar refractivity (Wildman–Crippen MR) is 59.8 cm³/mol. The summed E-state index contributed by atoms with van der Waals surface area (Å²) in [6.45, 7) is 1.63. The Labute approximate surface area is 94.7 Å². The average Bonchev–Trinajstić information content (AvgIpc) is 2.21. The van der Waals surface area contributed by atoms with Gasteiger partial charge in [-0.15, -0.1) is 0 Å². The van der Waals surface area contributed by atoms with Crippen LogP contribution >= 0.6 is 15.9 Å². The zero-order chi connectivity index (χ0) is 11.4. The molecule has 1 atom stereocenters. The summed E-state index contributed by atoms with van der Waals surface area (Å²) in [5, 5.41) is 2.82. The van der Waals surface area contributed by atoms with E-state index in [9.17, 15) is 4.79 Å². The quantitative estimate of drug-likeness (QED) is 0.446. The molecule has 0 aromatic carbocycles. The Bertz CT molecular complexity index is 370. The molecule has 1 amide bonds. The number of nitrogen functional groups attached to an aromatic ring is 1. The summed E-state index contributed by atoms with van der Waals surface area (Å²) in [6, 6.07) is -0.526. The van der Waals surface area contributed by atoms with Gasteiger partial charge >= 0.3 is 0 Å². The summed E-state index contributed by atoms with van der Waals surface area (Å²) in [5.74, 6) is 5.62. The van der Waals surface area contributed by atoms with Crippen LogP contribution in [0.5, 0.6) is 0 Å². The van der Waals surface area contributed by atoms with Crippen LogP contribution in [0.15, 0.2) is 10.8 Å². The van der Waals surface area contributed by atoms with Crippen molar-refractivity contribution < 1.29 is 4.79 Å². The molecule has 15 heavy (non-hydrogen) atoms. The molecule has 1 aromatic heterocycles. The number of aromatic nitrogens is 2. The second-order valence-corrected chi connectivity index (χ2v) is 3.59. The largest absolute Gasteiger partial charge is 0.368 e. The topological polar surface area (TPSA) is 119 Å². The molecular formula is C7H11BrN6O. The van der Waals surface area contributed by atoms with Crippen LogP contribution in [-0.4, -0.2) is 21.9 Å². The van der Waals surface area contributed by atoms with Gasteiger partial charge in [0.1, 0.15) is 22.7 Å². The maximum atomic E-state index is 10.8. The van der Waals surface area contributed by atoms with Crippen molar-refractivity contribution >= 4 is 33.5 Å². The molecule has 0 saturated carbocycles. The number of anilines is 2. The van der Waals surface area contributed by atoms with E-state index in [2.05, 4.69) is 36.6 Å². The number of hydrazine groups is 1. The Hall–Kier alpha value is -1.41. The van der Waals surface area contributed by atoms with Crippen LogP contribution in [0.25, 0.3) is 0 Å². The van der Waals surface area contributed by atoms with Crippen molar-refractivity contribution in [2.24, 2.45) is 11.6 Å². The molecule has 0 fully saturated rings. The molecule has 1 heterocycles. The molecular weight excluding hydrogens is 264 g/mol. The van der Waals surface area contributed by atoms with Gasteiger partial charge in [0.2, 0.25) is 5.91 Å². The van der Waals surface area contributed by atoms with E-state index >= 15 is 0 Å². The van der Waals surface area contributed by atoms with Gasteiger partial charge < -0.3 is 16.5 Å². The van der Waals surface area contributed by atoms with E-state index in [0.29, 0.717) is 16.1 Å². The lowest BCUT2D eigenvalue weighted by Gasteiger charge is -2.13. The molecule has 8 heteroatoms. The maximum Gasteiger partial charge on any atom is 0.239 e. The Morgan fingerprint density at radius 1 is 1.53 bits per heavy atom. The van der Waals surface area contributed by atoms with Crippen molar-refractivity contribution in [2.75, 3.05) is 10.7 Å². The second kappa shape index (κ2) is 4.89. The predicted octanol–water partition coefficient (Wildman–Crippen LogP) is -0.190. The first-order valence-corrected chi connectivity index (χ1v) is 4.88. The summed E-state index contributed by atoms with van der Waals surface area (Å²) in [5.41, 5.74) is 7.49. The van der Waals surface area contributed by atoms with Gasteiger partial charge in [0, 0.05) is 0 Å².